The first-order valence-corrected chi connectivity index (χ1v) is 8.63. The van der Waals surface area contributed by atoms with Gasteiger partial charge in [0, 0.05) is 40.3 Å². The first-order valence-electron chi connectivity index (χ1n) is 8.63. The first-order chi connectivity index (χ1) is 11.5. The van der Waals surface area contributed by atoms with Crippen LogP contribution < -0.4 is 5.32 Å². The van der Waals surface area contributed by atoms with Crippen molar-refractivity contribution in [3.63, 3.8) is 0 Å². The SMILES string of the molecule is C[C@H](NC(=O)C(=O)N1C[C@@H](CN(C)C)[C@H](CN(C)C)C1)C(=O)N(C)C. The van der Waals surface area contributed by atoms with E-state index in [1.54, 1.807) is 25.9 Å². The third-order valence-corrected chi connectivity index (χ3v) is 4.42. The second kappa shape index (κ2) is 9.15. The molecule has 0 spiro atoms. The van der Waals surface area contributed by atoms with Crippen LogP contribution in [0.2, 0.25) is 0 Å². The average Bonchev–Trinajstić information content (AvgIpc) is 2.86. The summed E-state index contributed by atoms with van der Waals surface area (Å²) < 4.78 is 0. The number of hydrogen-bond acceptors (Lipinski definition) is 5. The van der Waals surface area contributed by atoms with Gasteiger partial charge in [-0.15, -0.1) is 0 Å². The molecule has 1 fully saturated rings. The smallest absolute Gasteiger partial charge is 0.311 e. The molecule has 0 unspecified atom stereocenters. The van der Waals surface area contributed by atoms with Gasteiger partial charge in [-0.1, -0.05) is 0 Å². The van der Waals surface area contributed by atoms with Crippen molar-refractivity contribution in [3.05, 3.63) is 0 Å². The van der Waals surface area contributed by atoms with E-state index in [2.05, 4.69) is 15.1 Å². The normalized spacial score (nSPS) is 21.6. The Balaban J connectivity index is 2.71. The summed E-state index contributed by atoms with van der Waals surface area (Å²) in [5, 5.41) is 2.51. The molecule has 8 nitrogen and oxygen atoms in total. The molecule has 1 N–H and O–H groups in total. The molecule has 1 saturated heterocycles. The molecule has 1 rings (SSSR count). The maximum absolute atomic E-state index is 12.5. The number of likely N-dealkylation sites (N-methyl/N-ethyl adjacent to an activating group) is 1. The van der Waals surface area contributed by atoms with E-state index in [9.17, 15) is 14.4 Å². The van der Waals surface area contributed by atoms with Crippen molar-refractivity contribution in [2.45, 2.75) is 13.0 Å². The summed E-state index contributed by atoms with van der Waals surface area (Å²) in [5.74, 6) is -0.844. The molecule has 1 aliphatic heterocycles. The van der Waals surface area contributed by atoms with Gasteiger partial charge in [0.1, 0.15) is 6.04 Å². The second-order valence-electron chi connectivity index (χ2n) is 7.68. The van der Waals surface area contributed by atoms with Crippen molar-refractivity contribution in [3.8, 4) is 0 Å². The molecule has 3 atom stereocenters. The zero-order valence-electron chi connectivity index (χ0n) is 16.6. The highest BCUT2D eigenvalue weighted by Crippen LogP contribution is 2.24. The van der Waals surface area contributed by atoms with Crippen LogP contribution in [0.5, 0.6) is 0 Å². The highest BCUT2D eigenvalue weighted by atomic mass is 16.2. The van der Waals surface area contributed by atoms with Crippen LogP contribution in [-0.2, 0) is 14.4 Å². The molecule has 8 heteroatoms. The Morgan fingerprint density at radius 1 is 0.960 bits per heavy atom. The minimum Gasteiger partial charge on any atom is -0.347 e. The number of carbonyl (C=O) groups is 3. The average molecular weight is 355 g/mol. The Morgan fingerprint density at radius 3 is 1.76 bits per heavy atom. The Bertz CT molecular complexity index is 475. The molecule has 0 aromatic rings. The van der Waals surface area contributed by atoms with E-state index in [1.165, 1.54) is 4.90 Å². The van der Waals surface area contributed by atoms with Gasteiger partial charge in [0.05, 0.1) is 0 Å². The van der Waals surface area contributed by atoms with E-state index in [4.69, 9.17) is 0 Å². The summed E-state index contributed by atoms with van der Waals surface area (Å²) in [6.07, 6.45) is 0. The number of nitrogens with one attached hydrogen (secondary N) is 1. The fourth-order valence-electron chi connectivity index (χ4n) is 3.31. The molecule has 1 aliphatic rings. The Hall–Kier alpha value is -1.67. The van der Waals surface area contributed by atoms with Crippen LogP contribution in [0.3, 0.4) is 0 Å². The van der Waals surface area contributed by atoms with Gasteiger partial charge >= 0.3 is 11.8 Å². The van der Waals surface area contributed by atoms with E-state index in [0.717, 1.165) is 13.1 Å². The molecule has 0 radical (unpaired) electrons. The van der Waals surface area contributed by atoms with Crippen LogP contribution in [0.15, 0.2) is 0 Å². The number of rotatable bonds is 6. The van der Waals surface area contributed by atoms with E-state index >= 15 is 0 Å². The second-order valence-corrected chi connectivity index (χ2v) is 7.68. The molecular formula is C17H33N5O3. The topological polar surface area (TPSA) is 76.2 Å². The molecular weight excluding hydrogens is 322 g/mol. The van der Waals surface area contributed by atoms with Gasteiger partial charge in [-0.3, -0.25) is 14.4 Å². The van der Waals surface area contributed by atoms with Gasteiger partial charge in [-0.05, 0) is 47.0 Å². The zero-order chi connectivity index (χ0) is 19.3. The van der Waals surface area contributed by atoms with Crippen molar-refractivity contribution in [2.24, 2.45) is 11.8 Å². The summed E-state index contributed by atoms with van der Waals surface area (Å²) in [6.45, 7) is 4.47. The maximum atomic E-state index is 12.5. The predicted octanol–water partition coefficient (Wildman–Crippen LogP) is -1.22. The molecule has 0 aliphatic carbocycles. The maximum Gasteiger partial charge on any atom is 0.311 e. The molecule has 0 aromatic heterocycles. The van der Waals surface area contributed by atoms with Crippen LogP contribution in [0, 0.1) is 11.8 Å². The van der Waals surface area contributed by atoms with Crippen molar-refractivity contribution in [2.75, 3.05) is 68.5 Å². The molecule has 144 valence electrons. The highest BCUT2D eigenvalue weighted by molar-refractivity contribution is 6.35. The standard InChI is InChI=1S/C17H33N5O3/c1-12(16(24)21(6)7)18-15(23)17(25)22-10-13(8-19(2)3)14(11-22)9-20(4)5/h12-14H,8-11H2,1-7H3,(H,18,23)/t12-,13+,14+/m0/s1. The number of carbonyl (C=O) groups excluding carboxylic acids is 3. The Morgan fingerprint density at radius 2 is 1.40 bits per heavy atom. The fraction of sp³-hybridized carbons (Fsp3) is 0.824. The highest BCUT2D eigenvalue weighted by Gasteiger charge is 2.38. The van der Waals surface area contributed by atoms with Crippen molar-refractivity contribution >= 4 is 17.7 Å². The van der Waals surface area contributed by atoms with Crippen molar-refractivity contribution in [1.82, 2.24) is 24.9 Å². The van der Waals surface area contributed by atoms with Gasteiger partial charge in [-0.25, -0.2) is 0 Å². The lowest BCUT2D eigenvalue weighted by molar-refractivity contribution is -0.146. The lowest BCUT2D eigenvalue weighted by Crippen LogP contribution is -2.50. The fourth-order valence-corrected chi connectivity index (χ4v) is 3.31. The lowest BCUT2D eigenvalue weighted by Gasteiger charge is -2.24. The largest absolute Gasteiger partial charge is 0.347 e. The van der Waals surface area contributed by atoms with E-state index in [0.29, 0.717) is 24.9 Å². The summed E-state index contributed by atoms with van der Waals surface area (Å²) in [5.41, 5.74) is 0. The van der Waals surface area contributed by atoms with Crippen LogP contribution >= 0.6 is 0 Å². The van der Waals surface area contributed by atoms with Crippen LogP contribution in [0.25, 0.3) is 0 Å². The summed E-state index contributed by atoms with van der Waals surface area (Å²) in [4.78, 5) is 43.8. The molecule has 0 aromatic carbocycles. The van der Waals surface area contributed by atoms with Crippen molar-refractivity contribution < 1.29 is 14.4 Å². The molecule has 25 heavy (non-hydrogen) atoms. The van der Waals surface area contributed by atoms with Crippen molar-refractivity contribution in [1.29, 1.82) is 0 Å². The zero-order valence-corrected chi connectivity index (χ0v) is 16.6. The summed E-state index contributed by atoms with van der Waals surface area (Å²) in [6, 6.07) is -0.718. The minimum atomic E-state index is -0.718. The summed E-state index contributed by atoms with van der Waals surface area (Å²) in [7, 11) is 11.3. The third-order valence-electron chi connectivity index (χ3n) is 4.42. The van der Waals surface area contributed by atoms with E-state index in [-0.39, 0.29) is 5.91 Å². The summed E-state index contributed by atoms with van der Waals surface area (Å²) >= 11 is 0. The van der Waals surface area contributed by atoms with Gasteiger partial charge in [0.25, 0.3) is 0 Å². The van der Waals surface area contributed by atoms with Gasteiger partial charge in [0.2, 0.25) is 5.91 Å². The quantitative estimate of drug-likeness (QED) is 0.604. The Kier molecular flexibility index (Phi) is 7.82. The first kappa shape index (κ1) is 21.4. The minimum absolute atomic E-state index is 0.237. The number of amides is 3. The molecule has 0 saturated carbocycles. The van der Waals surface area contributed by atoms with Crippen LogP contribution in [0.4, 0.5) is 0 Å². The molecule has 3 amide bonds. The van der Waals surface area contributed by atoms with Crippen LogP contribution in [-0.4, -0.2) is 112 Å². The van der Waals surface area contributed by atoms with Crippen LogP contribution in [0.1, 0.15) is 6.92 Å². The van der Waals surface area contributed by atoms with E-state index < -0.39 is 17.9 Å². The van der Waals surface area contributed by atoms with Gasteiger partial charge in [-0.2, -0.15) is 0 Å². The number of likely N-dealkylation sites (tertiary alicyclic amines) is 1. The van der Waals surface area contributed by atoms with Gasteiger partial charge in [0.15, 0.2) is 0 Å². The molecule has 0 bridgehead atoms. The third kappa shape index (κ3) is 6.28. The lowest BCUT2D eigenvalue weighted by atomic mass is 9.95. The predicted molar refractivity (Wildman–Crippen MR) is 97.0 cm³/mol. The van der Waals surface area contributed by atoms with E-state index in [1.807, 2.05) is 28.2 Å². The number of nitrogens with zero attached hydrogens (tertiary/aromatic N) is 4. The molecule has 1 heterocycles. The Labute approximate surface area is 151 Å². The van der Waals surface area contributed by atoms with Gasteiger partial charge < -0.3 is 24.9 Å². The number of hydrogen-bond donors (Lipinski definition) is 1. The monoisotopic (exact) mass is 355 g/mol.